The van der Waals surface area contributed by atoms with Crippen molar-refractivity contribution in [2.75, 3.05) is 13.1 Å². The van der Waals surface area contributed by atoms with E-state index in [1.807, 2.05) is 0 Å². The van der Waals surface area contributed by atoms with E-state index >= 15 is 0 Å². The lowest BCUT2D eigenvalue weighted by Crippen LogP contribution is -2.43. The molecule has 1 atom stereocenters. The molecule has 1 saturated heterocycles. The summed E-state index contributed by atoms with van der Waals surface area (Å²) in [7, 11) is 0. The first-order chi connectivity index (χ1) is 8.00. The lowest BCUT2D eigenvalue weighted by molar-refractivity contribution is 0.155. The number of benzene rings is 1. The summed E-state index contributed by atoms with van der Waals surface area (Å²) in [5.41, 5.74) is 4.92. The summed E-state index contributed by atoms with van der Waals surface area (Å²) in [5, 5.41) is 3.52. The van der Waals surface area contributed by atoms with Gasteiger partial charge in [0.05, 0.1) is 0 Å². The van der Waals surface area contributed by atoms with Crippen LogP contribution < -0.4 is 5.32 Å². The van der Waals surface area contributed by atoms with Gasteiger partial charge in [-0.3, -0.25) is 0 Å². The van der Waals surface area contributed by atoms with Crippen LogP contribution in [0, 0.1) is 25.2 Å². The minimum atomic E-state index is 0.424. The third-order valence-electron chi connectivity index (χ3n) is 4.45. The van der Waals surface area contributed by atoms with Gasteiger partial charge in [0.1, 0.15) is 0 Å². The van der Waals surface area contributed by atoms with Gasteiger partial charge in [-0.25, -0.2) is 0 Å². The quantitative estimate of drug-likeness (QED) is 0.821. The summed E-state index contributed by atoms with van der Waals surface area (Å²) in [6.45, 7) is 11.6. The van der Waals surface area contributed by atoms with E-state index in [0.29, 0.717) is 5.41 Å². The second-order valence-electron chi connectivity index (χ2n) is 6.23. The average Bonchev–Trinajstić information content (AvgIpc) is 2.25. The molecule has 2 rings (SSSR count). The third kappa shape index (κ3) is 2.71. The van der Waals surface area contributed by atoms with Crippen molar-refractivity contribution in [3.63, 3.8) is 0 Å². The molecule has 1 N–H and O–H groups in total. The molecule has 1 aromatic carbocycles. The number of hydrogen-bond acceptors (Lipinski definition) is 1. The average molecular weight is 231 g/mol. The van der Waals surface area contributed by atoms with Crippen LogP contribution in [-0.4, -0.2) is 13.1 Å². The van der Waals surface area contributed by atoms with Crippen LogP contribution in [0.5, 0.6) is 0 Å². The van der Waals surface area contributed by atoms with Crippen LogP contribution in [0.25, 0.3) is 0 Å². The fourth-order valence-corrected chi connectivity index (χ4v) is 3.02. The molecule has 1 heteroatoms. The second-order valence-corrected chi connectivity index (χ2v) is 6.23. The highest BCUT2D eigenvalue weighted by Crippen LogP contribution is 2.35. The molecule has 0 radical (unpaired) electrons. The molecule has 1 unspecified atom stereocenters. The fraction of sp³-hybridized carbons (Fsp3) is 0.625. The van der Waals surface area contributed by atoms with E-state index in [9.17, 15) is 0 Å². The number of hydrogen-bond donors (Lipinski definition) is 1. The summed E-state index contributed by atoms with van der Waals surface area (Å²) in [5.74, 6) is 0.809. The van der Waals surface area contributed by atoms with Crippen molar-refractivity contribution >= 4 is 0 Å². The minimum Gasteiger partial charge on any atom is -0.316 e. The van der Waals surface area contributed by atoms with Gasteiger partial charge in [-0.2, -0.15) is 0 Å². The Balaban J connectivity index is 2.20. The molecule has 0 saturated carbocycles. The molecule has 17 heavy (non-hydrogen) atoms. The second kappa shape index (κ2) is 4.81. The number of nitrogens with one attached hydrogen (secondary N) is 1. The maximum atomic E-state index is 3.52. The number of aryl methyl sites for hydroxylation is 2. The highest BCUT2D eigenvalue weighted by molar-refractivity contribution is 5.34. The third-order valence-corrected chi connectivity index (χ3v) is 4.45. The summed E-state index contributed by atoms with van der Waals surface area (Å²) < 4.78 is 0. The Morgan fingerprint density at radius 2 is 1.88 bits per heavy atom. The Morgan fingerprint density at radius 1 is 1.24 bits per heavy atom. The molecule has 94 valence electrons. The van der Waals surface area contributed by atoms with Gasteiger partial charge in [-0.15, -0.1) is 0 Å². The molecule has 0 aromatic heterocycles. The Hall–Kier alpha value is -0.820. The molecule has 0 spiro atoms. The SMILES string of the molecule is Cc1cccc(C)c1CC1CCNCC1(C)C. The topological polar surface area (TPSA) is 12.0 Å². The van der Waals surface area contributed by atoms with Gasteiger partial charge in [0.2, 0.25) is 0 Å². The molecular formula is C16H25N. The molecule has 0 amide bonds. The van der Waals surface area contributed by atoms with Crippen molar-refractivity contribution < 1.29 is 0 Å². The number of piperidine rings is 1. The van der Waals surface area contributed by atoms with E-state index in [-0.39, 0.29) is 0 Å². The van der Waals surface area contributed by atoms with Gasteiger partial charge in [-0.05, 0) is 61.3 Å². The van der Waals surface area contributed by atoms with Crippen molar-refractivity contribution in [3.05, 3.63) is 34.9 Å². The minimum absolute atomic E-state index is 0.424. The first-order valence-corrected chi connectivity index (χ1v) is 6.76. The van der Waals surface area contributed by atoms with Crippen molar-refractivity contribution in [2.24, 2.45) is 11.3 Å². The highest BCUT2D eigenvalue weighted by Gasteiger charge is 2.32. The molecule has 1 fully saturated rings. The van der Waals surface area contributed by atoms with E-state index in [0.717, 1.165) is 12.5 Å². The van der Waals surface area contributed by atoms with Crippen LogP contribution in [-0.2, 0) is 6.42 Å². The van der Waals surface area contributed by atoms with Crippen molar-refractivity contribution in [2.45, 2.75) is 40.5 Å². The molecule has 1 nitrogen and oxygen atoms in total. The molecule has 1 heterocycles. The van der Waals surface area contributed by atoms with Crippen LogP contribution >= 0.6 is 0 Å². The predicted molar refractivity (Wildman–Crippen MR) is 74.4 cm³/mol. The maximum Gasteiger partial charge on any atom is 0.000529 e. The van der Waals surface area contributed by atoms with Crippen molar-refractivity contribution in [1.82, 2.24) is 5.32 Å². The summed E-state index contributed by atoms with van der Waals surface area (Å²) >= 11 is 0. The van der Waals surface area contributed by atoms with E-state index in [4.69, 9.17) is 0 Å². The number of rotatable bonds is 2. The van der Waals surface area contributed by atoms with Crippen LogP contribution in [0.15, 0.2) is 18.2 Å². The molecule has 0 bridgehead atoms. The monoisotopic (exact) mass is 231 g/mol. The first-order valence-electron chi connectivity index (χ1n) is 6.76. The highest BCUT2D eigenvalue weighted by atomic mass is 14.9. The summed E-state index contributed by atoms with van der Waals surface area (Å²) in [6, 6.07) is 6.66. The molecular weight excluding hydrogens is 206 g/mol. The molecule has 1 aliphatic rings. The van der Waals surface area contributed by atoms with Gasteiger partial charge in [0.25, 0.3) is 0 Å². The van der Waals surface area contributed by atoms with Gasteiger partial charge >= 0.3 is 0 Å². The Labute approximate surface area is 106 Å². The van der Waals surface area contributed by atoms with Crippen LogP contribution in [0.3, 0.4) is 0 Å². The first kappa shape index (κ1) is 12.6. The van der Waals surface area contributed by atoms with Crippen molar-refractivity contribution in [1.29, 1.82) is 0 Å². The Kier molecular flexibility index (Phi) is 3.58. The van der Waals surface area contributed by atoms with E-state index in [2.05, 4.69) is 51.2 Å². The van der Waals surface area contributed by atoms with Crippen LogP contribution in [0.1, 0.15) is 37.0 Å². The largest absolute Gasteiger partial charge is 0.316 e. The maximum absolute atomic E-state index is 3.52. The zero-order chi connectivity index (χ0) is 12.5. The van der Waals surface area contributed by atoms with Gasteiger partial charge in [0.15, 0.2) is 0 Å². The summed E-state index contributed by atoms with van der Waals surface area (Å²) in [4.78, 5) is 0. The standard InChI is InChI=1S/C16H25N/c1-12-6-5-7-13(2)15(12)10-14-8-9-17-11-16(14,3)4/h5-7,14,17H,8-11H2,1-4H3. The Morgan fingerprint density at radius 3 is 2.47 bits per heavy atom. The lowest BCUT2D eigenvalue weighted by atomic mass is 9.71. The summed E-state index contributed by atoms with van der Waals surface area (Å²) in [6.07, 6.45) is 2.55. The lowest BCUT2D eigenvalue weighted by Gasteiger charge is -2.39. The predicted octanol–water partition coefficient (Wildman–Crippen LogP) is 3.48. The molecule has 1 aliphatic heterocycles. The molecule has 1 aromatic rings. The smallest absolute Gasteiger partial charge is 0.000529 e. The van der Waals surface area contributed by atoms with Gasteiger partial charge in [-0.1, -0.05) is 32.0 Å². The van der Waals surface area contributed by atoms with Crippen LogP contribution in [0.4, 0.5) is 0 Å². The van der Waals surface area contributed by atoms with Gasteiger partial charge in [0, 0.05) is 6.54 Å². The zero-order valence-electron chi connectivity index (χ0n) is 11.6. The van der Waals surface area contributed by atoms with E-state index in [1.54, 1.807) is 5.56 Å². The normalized spacial score (nSPS) is 23.6. The van der Waals surface area contributed by atoms with E-state index < -0.39 is 0 Å². The van der Waals surface area contributed by atoms with Crippen LogP contribution in [0.2, 0.25) is 0 Å². The van der Waals surface area contributed by atoms with E-state index in [1.165, 1.54) is 30.5 Å². The van der Waals surface area contributed by atoms with Gasteiger partial charge < -0.3 is 5.32 Å². The Bertz CT molecular complexity index is 372. The fourth-order valence-electron chi connectivity index (χ4n) is 3.02. The molecule has 0 aliphatic carbocycles. The zero-order valence-corrected chi connectivity index (χ0v) is 11.6. The van der Waals surface area contributed by atoms with Crippen molar-refractivity contribution in [3.8, 4) is 0 Å².